The summed E-state index contributed by atoms with van der Waals surface area (Å²) >= 11 is 0. The fourth-order valence-electron chi connectivity index (χ4n) is 2.55. The van der Waals surface area contributed by atoms with Crippen molar-refractivity contribution in [1.29, 1.82) is 5.26 Å². The van der Waals surface area contributed by atoms with Crippen LogP contribution in [0, 0.1) is 11.3 Å². The van der Waals surface area contributed by atoms with Crippen molar-refractivity contribution in [2.45, 2.75) is 12.8 Å². The Morgan fingerprint density at radius 3 is 2.78 bits per heavy atom. The van der Waals surface area contributed by atoms with Gasteiger partial charge < -0.3 is 0 Å². The number of rotatable bonds is 2. The fourth-order valence-corrected chi connectivity index (χ4v) is 2.55. The summed E-state index contributed by atoms with van der Waals surface area (Å²) < 4.78 is 0. The lowest BCUT2D eigenvalue weighted by Gasteiger charge is -2.27. The molecule has 2 aromatic rings. The number of amides is 1. The lowest BCUT2D eigenvalue weighted by Crippen LogP contribution is -2.35. The Balaban J connectivity index is 1.66. The van der Waals surface area contributed by atoms with E-state index in [4.69, 9.17) is 10.1 Å². The van der Waals surface area contributed by atoms with E-state index in [9.17, 15) is 4.79 Å². The average molecular weight is 305 g/mol. The molecule has 0 bridgehead atoms. The van der Waals surface area contributed by atoms with Gasteiger partial charge >= 0.3 is 6.09 Å². The van der Waals surface area contributed by atoms with Crippen molar-refractivity contribution in [3.63, 3.8) is 0 Å². The molecule has 0 fully saturated rings. The molecule has 5 heteroatoms. The number of carbonyl (C=O) groups excluding carboxylic acids is 1. The van der Waals surface area contributed by atoms with Crippen molar-refractivity contribution in [2.24, 2.45) is 5.16 Å². The Bertz CT molecular complexity index is 776. The van der Waals surface area contributed by atoms with Crippen LogP contribution in [0.3, 0.4) is 0 Å². The van der Waals surface area contributed by atoms with E-state index >= 15 is 0 Å². The fraction of sp³-hybridized carbons (Fsp3) is 0.167. The lowest BCUT2D eigenvalue weighted by molar-refractivity contribution is 0.158. The number of carbonyl (C=O) groups is 1. The maximum Gasteiger partial charge on any atom is 0.440 e. The highest BCUT2D eigenvalue weighted by atomic mass is 16.7. The summed E-state index contributed by atoms with van der Waals surface area (Å²) in [6, 6.07) is 16.7. The van der Waals surface area contributed by atoms with Crippen LogP contribution < -0.4 is 4.90 Å². The molecule has 1 aliphatic rings. The van der Waals surface area contributed by atoms with Crippen molar-refractivity contribution in [3.8, 4) is 6.07 Å². The lowest BCUT2D eigenvalue weighted by atomic mass is 10.0. The van der Waals surface area contributed by atoms with E-state index in [0.29, 0.717) is 12.1 Å². The molecule has 114 valence electrons. The molecule has 2 aromatic carbocycles. The van der Waals surface area contributed by atoms with Gasteiger partial charge in [-0.05, 0) is 42.2 Å². The smallest absolute Gasteiger partial charge is 0.298 e. The van der Waals surface area contributed by atoms with Gasteiger partial charge in [-0.1, -0.05) is 35.5 Å². The number of aryl methyl sites for hydroxylation is 1. The van der Waals surface area contributed by atoms with Crippen LogP contribution in [0.25, 0.3) is 0 Å². The maximum atomic E-state index is 12.2. The number of nitrogens with zero attached hydrogens (tertiary/aromatic N) is 3. The number of para-hydroxylation sites is 1. The second kappa shape index (κ2) is 6.75. The minimum atomic E-state index is -0.484. The Labute approximate surface area is 134 Å². The van der Waals surface area contributed by atoms with Crippen LogP contribution >= 0.6 is 0 Å². The van der Waals surface area contributed by atoms with Crippen LogP contribution in [-0.4, -0.2) is 18.9 Å². The van der Waals surface area contributed by atoms with Gasteiger partial charge in [-0.25, -0.2) is 4.79 Å². The van der Waals surface area contributed by atoms with Crippen LogP contribution in [0.15, 0.2) is 53.7 Å². The first-order valence-electron chi connectivity index (χ1n) is 7.38. The quantitative estimate of drug-likeness (QED) is 0.484. The van der Waals surface area contributed by atoms with Crippen LogP contribution in [0.1, 0.15) is 23.1 Å². The molecule has 0 atom stereocenters. The van der Waals surface area contributed by atoms with Gasteiger partial charge in [-0.3, -0.25) is 9.74 Å². The number of nitriles is 1. The van der Waals surface area contributed by atoms with Crippen LogP contribution in [0.2, 0.25) is 0 Å². The third kappa shape index (κ3) is 3.38. The van der Waals surface area contributed by atoms with Crippen LogP contribution in [0.5, 0.6) is 0 Å². The molecule has 0 saturated carbocycles. The Kier molecular flexibility index (Phi) is 4.34. The van der Waals surface area contributed by atoms with Crippen molar-refractivity contribution < 1.29 is 9.63 Å². The third-order valence-electron chi connectivity index (χ3n) is 3.70. The van der Waals surface area contributed by atoms with Crippen molar-refractivity contribution in [3.05, 3.63) is 65.2 Å². The topological polar surface area (TPSA) is 65.7 Å². The largest absolute Gasteiger partial charge is 0.440 e. The minimum Gasteiger partial charge on any atom is -0.298 e. The molecule has 1 aliphatic heterocycles. The SMILES string of the molecule is N#Cc1ccc(C=NOC(=O)N2CCCc3ccccc32)cc1. The number of hydrogen-bond acceptors (Lipinski definition) is 4. The number of hydrogen-bond donors (Lipinski definition) is 0. The molecule has 1 heterocycles. The molecule has 0 aliphatic carbocycles. The highest BCUT2D eigenvalue weighted by molar-refractivity contribution is 5.89. The normalized spacial score (nSPS) is 13.4. The highest BCUT2D eigenvalue weighted by Crippen LogP contribution is 2.27. The first-order valence-corrected chi connectivity index (χ1v) is 7.38. The predicted molar refractivity (Wildman–Crippen MR) is 87.3 cm³/mol. The number of oxime groups is 1. The third-order valence-corrected chi connectivity index (χ3v) is 3.70. The second-order valence-electron chi connectivity index (χ2n) is 5.21. The molecule has 5 nitrogen and oxygen atoms in total. The molecule has 0 saturated heterocycles. The van der Waals surface area contributed by atoms with E-state index in [-0.39, 0.29) is 0 Å². The summed E-state index contributed by atoms with van der Waals surface area (Å²) in [6.45, 7) is 0.627. The van der Waals surface area contributed by atoms with Gasteiger partial charge in [0, 0.05) is 6.54 Å². The highest BCUT2D eigenvalue weighted by Gasteiger charge is 2.23. The van der Waals surface area contributed by atoms with Gasteiger partial charge in [0.25, 0.3) is 0 Å². The van der Waals surface area contributed by atoms with Gasteiger partial charge in [0.15, 0.2) is 0 Å². The van der Waals surface area contributed by atoms with Gasteiger partial charge in [0.1, 0.15) is 0 Å². The average Bonchev–Trinajstić information content (AvgIpc) is 2.61. The molecule has 23 heavy (non-hydrogen) atoms. The van der Waals surface area contributed by atoms with E-state index in [1.165, 1.54) is 6.21 Å². The standard InChI is InChI=1S/C18H15N3O2/c19-12-14-7-9-15(10-8-14)13-20-23-18(22)21-11-3-5-16-4-1-2-6-17(16)21/h1-2,4,6-10,13H,3,5,11H2. The van der Waals surface area contributed by atoms with Crippen molar-refractivity contribution in [1.82, 2.24) is 0 Å². The summed E-state index contributed by atoms with van der Waals surface area (Å²) in [7, 11) is 0. The Morgan fingerprint density at radius 1 is 1.22 bits per heavy atom. The second-order valence-corrected chi connectivity index (χ2v) is 5.21. The molecule has 1 amide bonds. The molecular formula is C18H15N3O2. The zero-order valence-corrected chi connectivity index (χ0v) is 12.5. The monoisotopic (exact) mass is 305 g/mol. The van der Waals surface area contributed by atoms with Gasteiger partial charge in [-0.15, -0.1) is 0 Å². The molecule has 0 unspecified atom stereocenters. The summed E-state index contributed by atoms with van der Waals surface area (Å²) in [4.78, 5) is 18.8. The summed E-state index contributed by atoms with van der Waals surface area (Å²) in [5.74, 6) is 0. The van der Waals surface area contributed by atoms with Gasteiger partial charge in [-0.2, -0.15) is 5.26 Å². The van der Waals surface area contributed by atoms with Gasteiger partial charge in [0.05, 0.1) is 23.5 Å². The maximum absolute atomic E-state index is 12.2. The number of fused-ring (bicyclic) bond motifs is 1. The van der Waals surface area contributed by atoms with Crippen LogP contribution in [-0.2, 0) is 11.3 Å². The summed E-state index contributed by atoms with van der Waals surface area (Å²) in [5.41, 5.74) is 3.36. The van der Waals surface area contributed by atoms with E-state index < -0.39 is 6.09 Å². The molecular weight excluding hydrogens is 290 g/mol. The van der Waals surface area contributed by atoms with E-state index in [2.05, 4.69) is 5.16 Å². The minimum absolute atomic E-state index is 0.484. The summed E-state index contributed by atoms with van der Waals surface area (Å²) in [5, 5.41) is 12.5. The first-order chi connectivity index (χ1) is 11.3. The van der Waals surface area contributed by atoms with Crippen LogP contribution in [0.4, 0.5) is 10.5 Å². The molecule has 3 rings (SSSR count). The first kappa shape index (κ1) is 14.8. The van der Waals surface area contributed by atoms with Crippen molar-refractivity contribution in [2.75, 3.05) is 11.4 Å². The van der Waals surface area contributed by atoms with Crippen molar-refractivity contribution >= 4 is 18.0 Å². The summed E-state index contributed by atoms with van der Waals surface area (Å²) in [6.07, 6.45) is 2.84. The number of anilines is 1. The molecule has 0 radical (unpaired) electrons. The zero-order chi connectivity index (χ0) is 16.1. The molecule has 0 spiro atoms. The Morgan fingerprint density at radius 2 is 2.00 bits per heavy atom. The van der Waals surface area contributed by atoms with E-state index in [1.54, 1.807) is 29.2 Å². The Hall–Kier alpha value is -3.13. The molecule has 0 N–H and O–H groups in total. The van der Waals surface area contributed by atoms with E-state index in [0.717, 1.165) is 29.7 Å². The van der Waals surface area contributed by atoms with Gasteiger partial charge in [0.2, 0.25) is 0 Å². The molecule has 0 aromatic heterocycles. The predicted octanol–water partition coefficient (Wildman–Crippen LogP) is 3.48. The zero-order valence-electron chi connectivity index (χ0n) is 12.5. The van der Waals surface area contributed by atoms with E-state index in [1.807, 2.05) is 30.3 Å². The number of benzene rings is 2.